The zero-order valence-electron chi connectivity index (χ0n) is 9.88. The third-order valence-corrected chi connectivity index (χ3v) is 3.44. The van der Waals surface area contributed by atoms with Crippen molar-refractivity contribution >= 4 is 23.2 Å². The van der Waals surface area contributed by atoms with Crippen LogP contribution in [0.25, 0.3) is 0 Å². The Morgan fingerprint density at radius 3 is 2.63 bits per heavy atom. The molecule has 1 atom stereocenters. The molecular weight excluding hydrogens is 281 g/mol. The van der Waals surface area contributed by atoms with Gasteiger partial charge in [-0.1, -0.05) is 11.6 Å². The van der Waals surface area contributed by atoms with Gasteiger partial charge in [-0.15, -0.1) is 0 Å². The van der Waals surface area contributed by atoms with Crippen LogP contribution in [0.15, 0.2) is 18.2 Å². The minimum atomic E-state index is -4.54. The Bertz CT molecular complexity index is 504. The molecule has 1 amide bonds. The van der Waals surface area contributed by atoms with Gasteiger partial charge in [0.05, 0.1) is 10.6 Å². The second-order valence-corrected chi connectivity index (χ2v) is 4.88. The largest absolute Gasteiger partial charge is 0.417 e. The van der Waals surface area contributed by atoms with Crippen molar-refractivity contribution < 1.29 is 18.0 Å². The molecule has 0 saturated carbocycles. The highest BCUT2D eigenvalue weighted by Gasteiger charge is 2.35. The zero-order valence-corrected chi connectivity index (χ0v) is 10.6. The van der Waals surface area contributed by atoms with E-state index in [0.717, 1.165) is 12.1 Å². The number of carbonyl (C=O) groups is 1. The molecule has 0 bridgehead atoms. The van der Waals surface area contributed by atoms with E-state index < -0.39 is 11.7 Å². The van der Waals surface area contributed by atoms with E-state index in [4.69, 9.17) is 17.3 Å². The maximum Gasteiger partial charge on any atom is 0.417 e. The Morgan fingerprint density at radius 2 is 2.11 bits per heavy atom. The Kier molecular flexibility index (Phi) is 3.73. The first-order valence-electron chi connectivity index (χ1n) is 5.70. The standard InChI is InChI=1S/C12H12ClF3N2O/c13-10-2-1-8(4-9(10)12(14,15)16)18-6-7(5-17)3-11(18)19/h1-2,4,7H,3,5-6,17H2. The maximum atomic E-state index is 12.7. The molecule has 2 N–H and O–H groups in total. The van der Waals surface area contributed by atoms with Gasteiger partial charge in [0, 0.05) is 18.7 Å². The van der Waals surface area contributed by atoms with Gasteiger partial charge in [0.1, 0.15) is 0 Å². The lowest BCUT2D eigenvalue weighted by molar-refractivity contribution is -0.137. The number of alkyl halides is 3. The number of benzene rings is 1. The van der Waals surface area contributed by atoms with E-state index in [9.17, 15) is 18.0 Å². The fourth-order valence-corrected chi connectivity index (χ4v) is 2.31. The Labute approximate surface area is 113 Å². The molecular formula is C12H12ClF3N2O. The van der Waals surface area contributed by atoms with Gasteiger partial charge < -0.3 is 10.6 Å². The number of halogens is 4. The number of anilines is 1. The average molecular weight is 293 g/mol. The van der Waals surface area contributed by atoms with Crippen LogP contribution in [-0.4, -0.2) is 19.0 Å². The SMILES string of the molecule is NCC1CC(=O)N(c2ccc(Cl)c(C(F)(F)F)c2)C1. The number of rotatable bonds is 2. The number of hydrogen-bond acceptors (Lipinski definition) is 2. The molecule has 1 aromatic rings. The number of carbonyl (C=O) groups excluding carboxylic acids is 1. The molecule has 1 aromatic carbocycles. The smallest absolute Gasteiger partial charge is 0.330 e. The van der Waals surface area contributed by atoms with Crippen molar-refractivity contribution in [3.8, 4) is 0 Å². The van der Waals surface area contributed by atoms with Gasteiger partial charge >= 0.3 is 6.18 Å². The van der Waals surface area contributed by atoms with Crippen molar-refractivity contribution in [1.82, 2.24) is 0 Å². The van der Waals surface area contributed by atoms with Crippen LogP contribution in [0.5, 0.6) is 0 Å². The van der Waals surface area contributed by atoms with Crippen molar-refractivity contribution in [3.63, 3.8) is 0 Å². The summed E-state index contributed by atoms with van der Waals surface area (Å²) in [5.74, 6) is -0.233. The van der Waals surface area contributed by atoms with Crippen LogP contribution >= 0.6 is 11.6 Å². The normalized spacial score (nSPS) is 20.2. The Morgan fingerprint density at radius 1 is 1.42 bits per heavy atom. The molecule has 104 valence electrons. The van der Waals surface area contributed by atoms with E-state index >= 15 is 0 Å². The molecule has 1 saturated heterocycles. The molecule has 0 radical (unpaired) electrons. The minimum absolute atomic E-state index is 0.0162. The van der Waals surface area contributed by atoms with Crippen LogP contribution in [0.1, 0.15) is 12.0 Å². The fraction of sp³-hybridized carbons (Fsp3) is 0.417. The first-order chi connectivity index (χ1) is 8.82. The highest BCUT2D eigenvalue weighted by molar-refractivity contribution is 6.31. The van der Waals surface area contributed by atoms with Crippen LogP contribution < -0.4 is 10.6 Å². The van der Waals surface area contributed by atoms with E-state index in [1.165, 1.54) is 11.0 Å². The van der Waals surface area contributed by atoms with Gasteiger partial charge in [0.25, 0.3) is 0 Å². The number of amides is 1. The van der Waals surface area contributed by atoms with Crippen LogP contribution in [0, 0.1) is 5.92 Å². The summed E-state index contributed by atoms with van der Waals surface area (Å²) in [7, 11) is 0. The molecule has 0 aliphatic carbocycles. The summed E-state index contributed by atoms with van der Waals surface area (Å²) in [6, 6.07) is 3.47. The molecule has 19 heavy (non-hydrogen) atoms. The van der Waals surface area contributed by atoms with E-state index in [2.05, 4.69) is 0 Å². The van der Waals surface area contributed by atoms with E-state index in [-0.39, 0.29) is 29.0 Å². The number of nitrogens with two attached hydrogens (primary N) is 1. The predicted molar refractivity (Wildman–Crippen MR) is 66.0 cm³/mol. The van der Waals surface area contributed by atoms with Crippen molar-refractivity contribution in [3.05, 3.63) is 28.8 Å². The monoisotopic (exact) mass is 292 g/mol. The first-order valence-corrected chi connectivity index (χ1v) is 6.08. The van der Waals surface area contributed by atoms with Gasteiger partial charge in [-0.25, -0.2) is 0 Å². The predicted octanol–water partition coefficient (Wildman–Crippen LogP) is 2.67. The third-order valence-electron chi connectivity index (χ3n) is 3.11. The summed E-state index contributed by atoms with van der Waals surface area (Å²) in [4.78, 5) is 13.1. The topological polar surface area (TPSA) is 46.3 Å². The van der Waals surface area contributed by atoms with Crippen molar-refractivity contribution in [1.29, 1.82) is 0 Å². The van der Waals surface area contributed by atoms with Gasteiger partial charge in [-0.05, 0) is 30.7 Å². The quantitative estimate of drug-likeness (QED) is 0.911. The Hall–Kier alpha value is -1.27. The van der Waals surface area contributed by atoms with Gasteiger partial charge in [-0.2, -0.15) is 13.2 Å². The lowest BCUT2D eigenvalue weighted by Crippen LogP contribution is -2.26. The van der Waals surface area contributed by atoms with E-state index in [0.29, 0.717) is 13.1 Å². The zero-order chi connectivity index (χ0) is 14.2. The molecule has 1 heterocycles. The summed E-state index contributed by atoms with van der Waals surface area (Å²) in [6.45, 7) is 0.677. The van der Waals surface area contributed by atoms with Crippen LogP contribution in [-0.2, 0) is 11.0 Å². The minimum Gasteiger partial charge on any atom is -0.330 e. The fourth-order valence-electron chi connectivity index (χ4n) is 2.09. The molecule has 1 unspecified atom stereocenters. The van der Waals surface area contributed by atoms with Crippen LogP contribution in [0.4, 0.5) is 18.9 Å². The average Bonchev–Trinajstić information content (AvgIpc) is 2.70. The van der Waals surface area contributed by atoms with E-state index in [1.54, 1.807) is 0 Å². The van der Waals surface area contributed by atoms with Gasteiger partial charge in [0.15, 0.2) is 0 Å². The summed E-state index contributed by atoms with van der Waals surface area (Å²) >= 11 is 5.54. The molecule has 3 nitrogen and oxygen atoms in total. The summed E-state index contributed by atoms with van der Waals surface area (Å²) in [5.41, 5.74) is 4.75. The molecule has 0 spiro atoms. The molecule has 7 heteroatoms. The number of hydrogen-bond donors (Lipinski definition) is 1. The summed E-state index contributed by atoms with van der Waals surface area (Å²) in [5, 5.41) is -0.377. The van der Waals surface area contributed by atoms with Crippen molar-refractivity contribution in [2.24, 2.45) is 11.7 Å². The lowest BCUT2D eigenvalue weighted by Gasteiger charge is -2.19. The summed E-state index contributed by atoms with van der Waals surface area (Å²) < 4.78 is 38.2. The van der Waals surface area contributed by atoms with Crippen LogP contribution in [0.2, 0.25) is 5.02 Å². The maximum absolute atomic E-state index is 12.7. The third kappa shape index (κ3) is 2.84. The second kappa shape index (κ2) is 5.02. The van der Waals surface area contributed by atoms with Gasteiger partial charge in [0.2, 0.25) is 5.91 Å². The molecule has 0 aromatic heterocycles. The molecule has 1 aliphatic heterocycles. The van der Waals surface area contributed by atoms with Crippen molar-refractivity contribution in [2.75, 3.05) is 18.0 Å². The number of nitrogens with zero attached hydrogens (tertiary/aromatic N) is 1. The molecule has 1 fully saturated rings. The second-order valence-electron chi connectivity index (χ2n) is 4.47. The highest BCUT2D eigenvalue weighted by Crippen LogP contribution is 2.37. The molecule has 2 rings (SSSR count). The van der Waals surface area contributed by atoms with Gasteiger partial charge in [-0.3, -0.25) is 4.79 Å². The molecule has 1 aliphatic rings. The Balaban J connectivity index is 2.34. The van der Waals surface area contributed by atoms with Crippen LogP contribution in [0.3, 0.4) is 0 Å². The summed E-state index contributed by atoms with van der Waals surface area (Å²) in [6.07, 6.45) is -4.27. The van der Waals surface area contributed by atoms with E-state index in [1.807, 2.05) is 0 Å². The highest BCUT2D eigenvalue weighted by atomic mass is 35.5. The first kappa shape index (κ1) is 14.1. The van der Waals surface area contributed by atoms with Crippen molar-refractivity contribution in [2.45, 2.75) is 12.6 Å². The lowest BCUT2D eigenvalue weighted by atomic mass is 10.1.